The maximum Gasteiger partial charge on any atom is 0.335 e. The molecular formula is C12H14N2O2S. The van der Waals surface area contributed by atoms with E-state index in [0.717, 1.165) is 28.4 Å². The molecule has 0 saturated heterocycles. The number of carboxylic acid groups (broad SMARTS) is 1. The van der Waals surface area contributed by atoms with E-state index < -0.39 is 5.97 Å². The Morgan fingerprint density at radius 3 is 2.71 bits per heavy atom. The molecule has 1 aromatic carbocycles. The first-order valence-electron chi connectivity index (χ1n) is 5.54. The van der Waals surface area contributed by atoms with Crippen LogP contribution >= 0.6 is 11.3 Å². The molecule has 1 N–H and O–H groups in total. The zero-order chi connectivity index (χ0) is 12.4. The van der Waals surface area contributed by atoms with Crippen LogP contribution in [0.3, 0.4) is 0 Å². The number of rotatable bonds is 4. The second-order valence-electron chi connectivity index (χ2n) is 3.66. The standard InChI is InChI=1S/C12H14N2O2S/c1-3-14(4-2)12-13-9-7-8(11(15)16)5-6-10(9)17-12/h5-7H,3-4H2,1-2H3,(H,15,16). The fourth-order valence-electron chi connectivity index (χ4n) is 1.68. The number of aromatic nitrogens is 1. The van der Waals surface area contributed by atoms with Crippen LogP contribution in [-0.4, -0.2) is 29.1 Å². The number of thiazole rings is 1. The molecule has 0 bridgehead atoms. The minimum absolute atomic E-state index is 0.286. The Labute approximate surface area is 104 Å². The highest BCUT2D eigenvalue weighted by molar-refractivity contribution is 7.22. The van der Waals surface area contributed by atoms with Crippen molar-refractivity contribution in [3.8, 4) is 0 Å². The molecule has 0 radical (unpaired) electrons. The number of nitrogens with zero attached hydrogens (tertiary/aromatic N) is 2. The first-order valence-corrected chi connectivity index (χ1v) is 6.36. The topological polar surface area (TPSA) is 53.4 Å². The number of anilines is 1. The molecule has 17 heavy (non-hydrogen) atoms. The van der Waals surface area contributed by atoms with Crippen molar-refractivity contribution in [2.45, 2.75) is 13.8 Å². The third kappa shape index (κ3) is 2.24. The predicted molar refractivity (Wildman–Crippen MR) is 70.1 cm³/mol. The van der Waals surface area contributed by atoms with Crippen LogP contribution in [-0.2, 0) is 0 Å². The van der Waals surface area contributed by atoms with Crippen LogP contribution in [0.2, 0.25) is 0 Å². The van der Waals surface area contributed by atoms with Crippen LogP contribution in [0, 0.1) is 0 Å². The lowest BCUT2D eigenvalue weighted by Crippen LogP contribution is -2.21. The SMILES string of the molecule is CCN(CC)c1nc2cc(C(=O)O)ccc2s1. The van der Waals surface area contributed by atoms with Gasteiger partial charge in [-0.15, -0.1) is 0 Å². The minimum Gasteiger partial charge on any atom is -0.478 e. The van der Waals surface area contributed by atoms with Gasteiger partial charge in [0.15, 0.2) is 5.13 Å². The monoisotopic (exact) mass is 250 g/mol. The molecule has 4 nitrogen and oxygen atoms in total. The van der Waals surface area contributed by atoms with Gasteiger partial charge in [-0.25, -0.2) is 9.78 Å². The summed E-state index contributed by atoms with van der Waals surface area (Å²) in [4.78, 5) is 17.5. The van der Waals surface area contributed by atoms with Gasteiger partial charge in [-0.05, 0) is 32.0 Å². The van der Waals surface area contributed by atoms with Crippen molar-refractivity contribution in [2.24, 2.45) is 0 Å². The first kappa shape index (κ1) is 11.9. The van der Waals surface area contributed by atoms with Crippen molar-refractivity contribution < 1.29 is 9.90 Å². The Morgan fingerprint density at radius 1 is 1.41 bits per heavy atom. The van der Waals surface area contributed by atoms with E-state index in [1.807, 2.05) is 6.07 Å². The summed E-state index contributed by atoms with van der Waals surface area (Å²) in [6.07, 6.45) is 0. The second kappa shape index (κ2) is 4.71. The number of hydrogen-bond donors (Lipinski definition) is 1. The van der Waals surface area contributed by atoms with Crippen molar-refractivity contribution in [3.05, 3.63) is 23.8 Å². The third-order valence-electron chi connectivity index (χ3n) is 2.66. The van der Waals surface area contributed by atoms with Crippen LogP contribution in [0.5, 0.6) is 0 Å². The van der Waals surface area contributed by atoms with Gasteiger partial charge in [-0.2, -0.15) is 0 Å². The molecule has 1 heterocycles. The van der Waals surface area contributed by atoms with Crippen molar-refractivity contribution in [1.29, 1.82) is 0 Å². The summed E-state index contributed by atoms with van der Waals surface area (Å²) in [6, 6.07) is 5.07. The number of carboxylic acids is 1. The number of aromatic carboxylic acids is 1. The summed E-state index contributed by atoms with van der Waals surface area (Å²) in [6.45, 7) is 5.97. The van der Waals surface area contributed by atoms with Gasteiger partial charge in [0, 0.05) is 13.1 Å². The average Bonchev–Trinajstić information content (AvgIpc) is 2.72. The maximum absolute atomic E-state index is 10.9. The minimum atomic E-state index is -0.913. The Hall–Kier alpha value is -1.62. The second-order valence-corrected chi connectivity index (χ2v) is 4.67. The van der Waals surface area contributed by atoms with E-state index in [9.17, 15) is 4.79 Å². The molecule has 0 unspecified atom stereocenters. The van der Waals surface area contributed by atoms with Gasteiger partial charge in [0.05, 0.1) is 15.8 Å². The molecule has 0 aliphatic heterocycles. The summed E-state index contributed by atoms with van der Waals surface area (Å²) in [7, 11) is 0. The van der Waals surface area contributed by atoms with E-state index in [-0.39, 0.29) is 5.56 Å². The summed E-state index contributed by atoms with van der Waals surface area (Å²) in [5.41, 5.74) is 1.05. The Balaban J connectivity index is 2.46. The van der Waals surface area contributed by atoms with Crippen molar-refractivity contribution in [3.63, 3.8) is 0 Å². The van der Waals surface area contributed by atoms with Crippen LogP contribution in [0.25, 0.3) is 10.2 Å². The van der Waals surface area contributed by atoms with E-state index in [2.05, 4.69) is 23.7 Å². The summed E-state index contributed by atoms with van der Waals surface area (Å²) in [5.74, 6) is -0.913. The Kier molecular flexibility index (Phi) is 3.28. The lowest BCUT2D eigenvalue weighted by molar-refractivity contribution is 0.0697. The predicted octanol–water partition coefficient (Wildman–Crippen LogP) is 2.84. The number of hydrogen-bond acceptors (Lipinski definition) is 4. The summed E-state index contributed by atoms with van der Waals surface area (Å²) >= 11 is 1.60. The van der Waals surface area contributed by atoms with Gasteiger partial charge in [-0.3, -0.25) is 0 Å². The highest BCUT2D eigenvalue weighted by atomic mass is 32.1. The molecule has 0 fully saturated rings. The van der Waals surface area contributed by atoms with Gasteiger partial charge < -0.3 is 10.0 Å². The normalized spacial score (nSPS) is 10.7. The molecule has 90 valence electrons. The van der Waals surface area contributed by atoms with Crippen molar-refractivity contribution >= 4 is 32.7 Å². The quantitative estimate of drug-likeness (QED) is 0.906. The molecule has 2 aromatic rings. The van der Waals surface area contributed by atoms with Gasteiger partial charge in [-0.1, -0.05) is 11.3 Å². The zero-order valence-electron chi connectivity index (χ0n) is 9.80. The van der Waals surface area contributed by atoms with Gasteiger partial charge in [0.1, 0.15) is 0 Å². The third-order valence-corrected chi connectivity index (χ3v) is 3.75. The van der Waals surface area contributed by atoms with E-state index >= 15 is 0 Å². The molecule has 0 amide bonds. The van der Waals surface area contributed by atoms with Gasteiger partial charge in [0.2, 0.25) is 0 Å². The smallest absolute Gasteiger partial charge is 0.335 e. The fraction of sp³-hybridized carbons (Fsp3) is 0.333. The molecule has 0 saturated carbocycles. The highest BCUT2D eigenvalue weighted by Crippen LogP contribution is 2.29. The number of carbonyl (C=O) groups is 1. The lowest BCUT2D eigenvalue weighted by atomic mass is 10.2. The van der Waals surface area contributed by atoms with E-state index in [4.69, 9.17) is 5.11 Å². The molecule has 2 rings (SSSR count). The molecular weight excluding hydrogens is 236 g/mol. The van der Waals surface area contributed by atoms with E-state index in [0.29, 0.717) is 0 Å². The zero-order valence-corrected chi connectivity index (χ0v) is 10.6. The van der Waals surface area contributed by atoms with Crippen molar-refractivity contribution in [2.75, 3.05) is 18.0 Å². The average molecular weight is 250 g/mol. The van der Waals surface area contributed by atoms with Crippen LogP contribution < -0.4 is 4.90 Å². The molecule has 1 aromatic heterocycles. The van der Waals surface area contributed by atoms with E-state index in [1.54, 1.807) is 23.5 Å². The molecule has 0 atom stereocenters. The molecule has 0 aliphatic rings. The first-order chi connectivity index (χ1) is 8.15. The molecule has 0 aliphatic carbocycles. The van der Waals surface area contributed by atoms with Crippen LogP contribution in [0.15, 0.2) is 18.2 Å². The molecule has 5 heteroatoms. The van der Waals surface area contributed by atoms with Crippen LogP contribution in [0.1, 0.15) is 24.2 Å². The van der Waals surface area contributed by atoms with Gasteiger partial charge >= 0.3 is 5.97 Å². The maximum atomic E-state index is 10.9. The summed E-state index contributed by atoms with van der Waals surface area (Å²) < 4.78 is 1.02. The van der Waals surface area contributed by atoms with E-state index in [1.165, 1.54) is 0 Å². The Bertz CT molecular complexity index is 546. The number of benzene rings is 1. The lowest BCUT2D eigenvalue weighted by Gasteiger charge is -2.16. The highest BCUT2D eigenvalue weighted by Gasteiger charge is 2.11. The summed E-state index contributed by atoms with van der Waals surface area (Å²) in [5, 5.41) is 9.87. The largest absolute Gasteiger partial charge is 0.478 e. The van der Waals surface area contributed by atoms with Gasteiger partial charge in [0.25, 0.3) is 0 Å². The fourth-order valence-corrected chi connectivity index (χ4v) is 2.75. The number of fused-ring (bicyclic) bond motifs is 1. The van der Waals surface area contributed by atoms with Crippen LogP contribution in [0.4, 0.5) is 5.13 Å². The van der Waals surface area contributed by atoms with Crippen molar-refractivity contribution in [1.82, 2.24) is 4.98 Å². The molecule has 0 spiro atoms. The Morgan fingerprint density at radius 2 is 2.12 bits per heavy atom.